The second-order valence-corrected chi connectivity index (χ2v) is 4.50. The van der Waals surface area contributed by atoms with Crippen LogP contribution in [-0.4, -0.2) is 22.8 Å². The molecule has 1 saturated heterocycles. The maximum absolute atomic E-state index is 12.6. The summed E-state index contributed by atoms with van der Waals surface area (Å²) < 4.78 is 37.9. The molecule has 1 atom stereocenters. The smallest absolute Gasteiger partial charge is 0.420 e. The molecule has 1 heterocycles. The third-order valence-corrected chi connectivity index (χ3v) is 3.11. The number of phenols is 2. The predicted octanol–water partition coefficient (Wildman–Crippen LogP) is 2.41. The molecule has 0 aromatic heterocycles. The van der Waals surface area contributed by atoms with Crippen LogP contribution in [0.5, 0.6) is 11.5 Å². The van der Waals surface area contributed by atoms with Crippen LogP contribution in [0.3, 0.4) is 0 Å². The molecule has 1 aliphatic heterocycles. The van der Waals surface area contributed by atoms with E-state index in [1.54, 1.807) is 0 Å². The van der Waals surface area contributed by atoms with Crippen molar-refractivity contribution in [2.45, 2.75) is 31.5 Å². The summed E-state index contributed by atoms with van der Waals surface area (Å²) in [6.45, 7) is 0.830. The predicted molar refractivity (Wildman–Crippen MR) is 59.5 cm³/mol. The molecule has 0 bridgehead atoms. The minimum Gasteiger partial charge on any atom is -0.508 e. The number of hydrogen-bond donors (Lipinski definition) is 3. The molecule has 3 nitrogen and oxygen atoms in total. The molecule has 1 aliphatic rings. The molecule has 1 unspecified atom stereocenters. The van der Waals surface area contributed by atoms with E-state index in [1.807, 2.05) is 0 Å². The maximum Gasteiger partial charge on any atom is 0.420 e. The van der Waals surface area contributed by atoms with Crippen molar-refractivity contribution < 1.29 is 23.4 Å². The molecule has 6 heteroatoms. The van der Waals surface area contributed by atoms with Crippen LogP contribution >= 0.6 is 0 Å². The summed E-state index contributed by atoms with van der Waals surface area (Å²) in [5, 5.41) is 22.1. The summed E-state index contributed by atoms with van der Waals surface area (Å²) in [6, 6.07) is 1.78. The van der Waals surface area contributed by atoms with Crippen LogP contribution < -0.4 is 5.32 Å². The van der Waals surface area contributed by atoms with E-state index in [0.29, 0.717) is 6.07 Å². The van der Waals surface area contributed by atoms with Gasteiger partial charge in [-0.05, 0) is 43.5 Å². The van der Waals surface area contributed by atoms with Crippen LogP contribution in [0.15, 0.2) is 12.1 Å². The van der Waals surface area contributed by atoms with E-state index in [1.165, 1.54) is 6.07 Å². The van der Waals surface area contributed by atoms with Gasteiger partial charge < -0.3 is 15.5 Å². The Morgan fingerprint density at radius 2 is 2.00 bits per heavy atom. The fourth-order valence-corrected chi connectivity index (χ4v) is 2.25. The number of benzene rings is 1. The van der Waals surface area contributed by atoms with E-state index in [4.69, 9.17) is 0 Å². The second kappa shape index (κ2) is 4.68. The summed E-state index contributed by atoms with van der Waals surface area (Å²) in [6.07, 6.45) is -2.56. The van der Waals surface area contributed by atoms with E-state index in [0.717, 1.165) is 19.4 Å². The van der Waals surface area contributed by atoms with Gasteiger partial charge in [0.1, 0.15) is 17.1 Å². The molecular weight excluding hydrogens is 247 g/mol. The van der Waals surface area contributed by atoms with E-state index >= 15 is 0 Å². The van der Waals surface area contributed by atoms with Gasteiger partial charge in [-0.15, -0.1) is 0 Å². The van der Waals surface area contributed by atoms with Gasteiger partial charge in [-0.3, -0.25) is 0 Å². The van der Waals surface area contributed by atoms with E-state index in [2.05, 4.69) is 5.32 Å². The summed E-state index contributed by atoms with van der Waals surface area (Å²) in [7, 11) is 0. The third kappa shape index (κ3) is 2.69. The molecule has 3 N–H and O–H groups in total. The lowest BCUT2D eigenvalue weighted by Crippen LogP contribution is -2.23. The first kappa shape index (κ1) is 13.0. The summed E-state index contributed by atoms with van der Waals surface area (Å²) in [4.78, 5) is 0. The molecule has 1 aromatic rings. The van der Waals surface area contributed by atoms with Crippen molar-refractivity contribution in [3.05, 3.63) is 23.3 Å². The van der Waals surface area contributed by atoms with Gasteiger partial charge in [-0.25, -0.2) is 0 Å². The zero-order chi connectivity index (χ0) is 13.3. The van der Waals surface area contributed by atoms with Gasteiger partial charge in [0.25, 0.3) is 0 Å². The fraction of sp³-hybridized carbons (Fsp3) is 0.500. The van der Waals surface area contributed by atoms with Crippen LogP contribution in [0.2, 0.25) is 0 Å². The topological polar surface area (TPSA) is 52.5 Å². The van der Waals surface area contributed by atoms with Crippen molar-refractivity contribution in [3.63, 3.8) is 0 Å². The first-order valence-electron chi connectivity index (χ1n) is 5.73. The van der Waals surface area contributed by atoms with Crippen molar-refractivity contribution in [1.29, 1.82) is 0 Å². The Bertz CT molecular complexity index is 440. The number of nitrogens with one attached hydrogen (secondary N) is 1. The highest BCUT2D eigenvalue weighted by molar-refractivity contribution is 5.47. The van der Waals surface area contributed by atoms with Crippen LogP contribution in [0.25, 0.3) is 0 Å². The number of hydrogen-bond acceptors (Lipinski definition) is 3. The maximum atomic E-state index is 12.6. The van der Waals surface area contributed by atoms with Crippen molar-refractivity contribution in [1.82, 2.24) is 5.32 Å². The Labute approximate surface area is 102 Å². The highest BCUT2D eigenvalue weighted by Crippen LogP contribution is 2.40. The number of phenolic OH excluding ortho intramolecular Hbond substituents is 2. The lowest BCUT2D eigenvalue weighted by molar-refractivity contribution is -0.138. The van der Waals surface area contributed by atoms with Crippen LogP contribution in [0.1, 0.15) is 24.0 Å². The molecule has 100 valence electrons. The lowest BCUT2D eigenvalue weighted by Gasteiger charge is -2.16. The van der Waals surface area contributed by atoms with E-state index < -0.39 is 23.2 Å². The quantitative estimate of drug-likeness (QED) is 0.717. The molecule has 0 amide bonds. The number of alkyl halides is 3. The van der Waals surface area contributed by atoms with Crippen LogP contribution in [0.4, 0.5) is 13.2 Å². The number of rotatable bonds is 2. The Morgan fingerprint density at radius 3 is 2.56 bits per heavy atom. The van der Waals surface area contributed by atoms with Crippen LogP contribution in [0, 0.1) is 0 Å². The average Bonchev–Trinajstić information content (AvgIpc) is 2.74. The molecular formula is C12H14F3NO2. The highest BCUT2D eigenvalue weighted by Gasteiger charge is 2.35. The van der Waals surface area contributed by atoms with Gasteiger partial charge >= 0.3 is 6.18 Å². The molecule has 1 fully saturated rings. The van der Waals surface area contributed by atoms with Gasteiger partial charge in [0.15, 0.2) is 0 Å². The third-order valence-electron chi connectivity index (χ3n) is 3.11. The Hall–Kier alpha value is -1.43. The first-order valence-corrected chi connectivity index (χ1v) is 5.73. The zero-order valence-corrected chi connectivity index (χ0v) is 9.59. The fourth-order valence-electron chi connectivity index (χ4n) is 2.25. The molecule has 2 rings (SSSR count). The molecule has 1 aromatic carbocycles. The molecule has 18 heavy (non-hydrogen) atoms. The normalized spacial score (nSPS) is 20.3. The van der Waals surface area contributed by atoms with Crippen molar-refractivity contribution in [2.75, 3.05) is 6.54 Å². The summed E-state index contributed by atoms with van der Waals surface area (Å²) in [5.74, 6) is -1.26. The minimum absolute atomic E-state index is 0.0544. The van der Waals surface area contributed by atoms with Gasteiger partial charge in [0.2, 0.25) is 0 Å². The Balaban J connectivity index is 2.32. The molecule has 0 aliphatic carbocycles. The summed E-state index contributed by atoms with van der Waals surface area (Å²) >= 11 is 0. The first-order chi connectivity index (χ1) is 8.38. The van der Waals surface area contributed by atoms with Gasteiger partial charge in [-0.1, -0.05) is 0 Å². The van der Waals surface area contributed by atoms with Crippen LogP contribution in [-0.2, 0) is 12.6 Å². The van der Waals surface area contributed by atoms with Crippen molar-refractivity contribution >= 4 is 0 Å². The Kier molecular flexibility index (Phi) is 3.38. The second-order valence-electron chi connectivity index (χ2n) is 4.50. The SMILES string of the molecule is Oc1cc(CC2CCCN2)c(O)c(C(F)(F)F)c1. The standard InChI is InChI=1S/C12H14F3NO2/c13-12(14,15)10-6-9(17)5-7(11(10)18)4-8-2-1-3-16-8/h5-6,8,16-18H,1-4H2. The van der Waals surface area contributed by atoms with Crippen molar-refractivity contribution in [3.8, 4) is 11.5 Å². The van der Waals surface area contributed by atoms with Gasteiger partial charge in [-0.2, -0.15) is 13.2 Å². The molecule has 0 saturated carbocycles. The van der Waals surface area contributed by atoms with E-state index in [-0.39, 0.29) is 18.0 Å². The number of halogens is 3. The highest BCUT2D eigenvalue weighted by atomic mass is 19.4. The lowest BCUT2D eigenvalue weighted by atomic mass is 10.00. The van der Waals surface area contributed by atoms with Gasteiger partial charge in [0.05, 0.1) is 0 Å². The minimum atomic E-state index is -4.67. The molecule has 0 spiro atoms. The average molecular weight is 261 g/mol. The number of aromatic hydroxyl groups is 2. The Morgan fingerprint density at radius 1 is 1.28 bits per heavy atom. The molecule has 0 radical (unpaired) electrons. The monoisotopic (exact) mass is 261 g/mol. The van der Waals surface area contributed by atoms with E-state index in [9.17, 15) is 23.4 Å². The zero-order valence-electron chi connectivity index (χ0n) is 9.59. The van der Waals surface area contributed by atoms with Crippen molar-refractivity contribution in [2.24, 2.45) is 0 Å². The summed E-state index contributed by atoms with van der Waals surface area (Å²) in [5.41, 5.74) is -1.06. The van der Waals surface area contributed by atoms with Gasteiger partial charge in [0, 0.05) is 6.04 Å². The largest absolute Gasteiger partial charge is 0.508 e.